The van der Waals surface area contributed by atoms with Crippen molar-refractivity contribution in [3.63, 3.8) is 0 Å². The minimum absolute atomic E-state index is 0.0463. The van der Waals surface area contributed by atoms with E-state index in [1.165, 1.54) is 77.2 Å². The van der Waals surface area contributed by atoms with Crippen molar-refractivity contribution < 1.29 is 14.4 Å². The molecule has 0 aliphatic heterocycles. The number of hydrogen-bond donors (Lipinski definition) is 2. The molecule has 5 saturated carbocycles. The van der Waals surface area contributed by atoms with E-state index in [9.17, 15) is 9.90 Å². The molecule has 4 nitrogen and oxygen atoms in total. The normalized spacial score (nSPS) is 41.5. The maximum atomic E-state index is 12.8. The summed E-state index contributed by atoms with van der Waals surface area (Å²) in [7, 11) is 4.74. The number of aliphatic hydroxyl groups excluding tert-OH is 1. The van der Waals surface area contributed by atoms with Crippen LogP contribution in [0.15, 0.2) is 0 Å². The van der Waals surface area contributed by atoms with Crippen LogP contribution in [0.5, 0.6) is 0 Å². The van der Waals surface area contributed by atoms with Crippen LogP contribution in [-0.4, -0.2) is 55.3 Å². The zero-order chi connectivity index (χ0) is 27.8. The molecular weight excluding hydrogens is 480 g/mol. The van der Waals surface area contributed by atoms with Crippen molar-refractivity contribution in [3.05, 3.63) is 0 Å². The minimum atomic E-state index is -0.0463. The number of quaternary nitrogens is 1. The van der Waals surface area contributed by atoms with Crippen LogP contribution in [0.4, 0.5) is 0 Å². The number of fused-ring (bicyclic) bond motifs is 5. The lowest BCUT2D eigenvalue weighted by molar-refractivity contribution is -0.893. The van der Waals surface area contributed by atoms with E-state index in [0.29, 0.717) is 23.2 Å². The van der Waals surface area contributed by atoms with Crippen LogP contribution in [0, 0.1) is 52.3 Å². The van der Waals surface area contributed by atoms with E-state index in [0.717, 1.165) is 78.8 Å². The lowest BCUT2D eigenvalue weighted by atomic mass is 9.44. The first-order valence-electron chi connectivity index (χ1n) is 17.3. The largest absolute Gasteiger partial charge is 0.393 e. The van der Waals surface area contributed by atoms with E-state index < -0.39 is 0 Å². The van der Waals surface area contributed by atoms with Crippen LogP contribution in [-0.2, 0) is 4.79 Å². The van der Waals surface area contributed by atoms with Gasteiger partial charge in [-0.2, -0.15) is 0 Å². The van der Waals surface area contributed by atoms with Gasteiger partial charge in [0.05, 0.1) is 33.3 Å². The average molecular weight is 544 g/mol. The van der Waals surface area contributed by atoms with Gasteiger partial charge in [0.25, 0.3) is 0 Å². The summed E-state index contributed by atoms with van der Waals surface area (Å²) in [5.41, 5.74) is 0.938. The monoisotopic (exact) mass is 543 g/mol. The number of rotatable bonds is 10. The number of nitrogens with zero attached hydrogens (tertiary/aromatic N) is 1. The van der Waals surface area contributed by atoms with Gasteiger partial charge in [-0.25, -0.2) is 0 Å². The van der Waals surface area contributed by atoms with Crippen LogP contribution in [0.1, 0.15) is 124 Å². The number of hydrogen-bond acceptors (Lipinski definition) is 2. The van der Waals surface area contributed by atoms with Gasteiger partial charge in [0.15, 0.2) is 0 Å². The Morgan fingerprint density at radius 3 is 2.44 bits per heavy atom. The Labute approximate surface area is 241 Å². The van der Waals surface area contributed by atoms with Crippen molar-refractivity contribution >= 4 is 5.91 Å². The molecule has 2 N–H and O–H groups in total. The number of carbonyl (C=O) groups excluding carboxylic acids is 1. The lowest BCUT2D eigenvalue weighted by Crippen LogP contribution is -2.54. The summed E-state index contributed by atoms with van der Waals surface area (Å²) in [5.74, 6) is 6.02. The highest BCUT2D eigenvalue weighted by Gasteiger charge is 2.60. The molecule has 224 valence electrons. The molecule has 5 aliphatic carbocycles. The highest BCUT2D eigenvalue weighted by molar-refractivity contribution is 5.75. The third-order valence-corrected chi connectivity index (χ3v) is 13.7. The highest BCUT2D eigenvalue weighted by Crippen LogP contribution is 2.68. The van der Waals surface area contributed by atoms with Crippen LogP contribution < -0.4 is 5.32 Å². The summed E-state index contributed by atoms with van der Waals surface area (Å²) in [6.45, 7) is 11.0. The standard InChI is InChI=1S/C35H62N2O2/c1-25(11-16-33(39)36-21-8-22-37(4,5)24-26-9-6-7-10-26)30-14-15-31-29-13-12-27-23-28(38)17-19-34(27,2)32(29)18-20-35(30,31)3/h25-32,38H,6-24H2,1-5H3/p+1/t25-,27?,28-,29?,30-,31?,32?,34+,35-/m1/s1. The smallest absolute Gasteiger partial charge is 0.220 e. The van der Waals surface area contributed by atoms with Gasteiger partial charge in [-0.1, -0.05) is 33.6 Å². The first-order valence-corrected chi connectivity index (χ1v) is 17.3. The van der Waals surface area contributed by atoms with E-state index >= 15 is 0 Å². The molecule has 0 saturated heterocycles. The lowest BCUT2D eigenvalue weighted by Gasteiger charge is -2.61. The van der Waals surface area contributed by atoms with E-state index in [2.05, 4.69) is 40.2 Å². The van der Waals surface area contributed by atoms with Gasteiger partial charge < -0.3 is 14.9 Å². The number of aliphatic hydroxyl groups is 1. The number of amides is 1. The predicted octanol–water partition coefficient (Wildman–Crippen LogP) is 7.20. The zero-order valence-electron chi connectivity index (χ0n) is 26.4. The Balaban J connectivity index is 1.06. The third kappa shape index (κ3) is 6.27. The molecule has 0 aromatic rings. The van der Waals surface area contributed by atoms with Gasteiger partial charge in [0.1, 0.15) is 0 Å². The maximum absolute atomic E-state index is 12.8. The molecule has 0 radical (unpaired) electrons. The SMILES string of the molecule is C[C@H](CCC(=O)NCCC[N+](C)(C)CC1CCCC1)[C@H]1CCC2C3CCC4C[C@H](O)CC[C@]4(C)C3CC[C@@]21C. The summed E-state index contributed by atoms with van der Waals surface area (Å²) in [5, 5.41) is 13.6. The molecule has 0 spiro atoms. The molecule has 39 heavy (non-hydrogen) atoms. The maximum Gasteiger partial charge on any atom is 0.220 e. The molecule has 4 heteroatoms. The van der Waals surface area contributed by atoms with Gasteiger partial charge in [-0.3, -0.25) is 4.79 Å². The molecule has 1 amide bonds. The first kappa shape index (κ1) is 29.9. The Kier molecular flexibility index (Phi) is 9.15. The Morgan fingerprint density at radius 2 is 1.67 bits per heavy atom. The van der Waals surface area contributed by atoms with E-state index in [-0.39, 0.29) is 12.0 Å². The van der Waals surface area contributed by atoms with Gasteiger partial charge in [-0.05, 0) is 123 Å². The van der Waals surface area contributed by atoms with Crippen molar-refractivity contribution in [3.8, 4) is 0 Å². The first-order chi connectivity index (χ1) is 18.5. The molecule has 9 atom stereocenters. The second-order valence-corrected chi connectivity index (χ2v) is 16.5. The quantitative estimate of drug-likeness (QED) is 0.226. The Hall–Kier alpha value is -0.610. The van der Waals surface area contributed by atoms with Crippen molar-refractivity contribution in [2.75, 3.05) is 33.7 Å². The molecule has 5 rings (SSSR count). The molecule has 5 fully saturated rings. The van der Waals surface area contributed by atoms with Gasteiger partial charge in [0, 0.05) is 25.3 Å². The zero-order valence-corrected chi connectivity index (χ0v) is 26.4. The van der Waals surface area contributed by atoms with Crippen molar-refractivity contribution in [1.82, 2.24) is 5.32 Å². The predicted molar refractivity (Wildman–Crippen MR) is 161 cm³/mol. The van der Waals surface area contributed by atoms with Crippen molar-refractivity contribution in [1.29, 1.82) is 0 Å². The second-order valence-electron chi connectivity index (χ2n) is 16.5. The summed E-state index contributed by atoms with van der Waals surface area (Å²) in [6.07, 6.45) is 20.1. The van der Waals surface area contributed by atoms with Gasteiger partial charge >= 0.3 is 0 Å². The Morgan fingerprint density at radius 1 is 0.949 bits per heavy atom. The van der Waals surface area contributed by atoms with Crippen molar-refractivity contribution in [2.24, 2.45) is 52.3 Å². The van der Waals surface area contributed by atoms with Crippen LogP contribution >= 0.6 is 0 Å². The summed E-state index contributed by atoms with van der Waals surface area (Å²) < 4.78 is 1.10. The third-order valence-electron chi connectivity index (χ3n) is 13.7. The van der Waals surface area contributed by atoms with E-state index in [4.69, 9.17) is 0 Å². The fourth-order valence-electron chi connectivity index (χ4n) is 11.6. The van der Waals surface area contributed by atoms with E-state index in [1.54, 1.807) is 0 Å². The second kappa shape index (κ2) is 11.9. The van der Waals surface area contributed by atoms with Crippen LogP contribution in [0.25, 0.3) is 0 Å². The minimum Gasteiger partial charge on any atom is -0.393 e. The molecule has 0 aromatic heterocycles. The van der Waals surface area contributed by atoms with Gasteiger partial charge in [0.2, 0.25) is 5.91 Å². The molecule has 0 aromatic carbocycles. The molecule has 0 bridgehead atoms. The summed E-state index contributed by atoms with van der Waals surface area (Å²) >= 11 is 0. The van der Waals surface area contributed by atoms with Gasteiger partial charge in [-0.15, -0.1) is 0 Å². The van der Waals surface area contributed by atoms with Crippen LogP contribution in [0.3, 0.4) is 0 Å². The number of nitrogens with one attached hydrogen (secondary N) is 1. The van der Waals surface area contributed by atoms with E-state index in [1.807, 2.05) is 0 Å². The molecular formula is C35H63N2O2+. The summed E-state index contributed by atoms with van der Waals surface area (Å²) in [4.78, 5) is 12.8. The topological polar surface area (TPSA) is 49.3 Å². The fourth-order valence-corrected chi connectivity index (χ4v) is 11.6. The summed E-state index contributed by atoms with van der Waals surface area (Å²) in [6, 6.07) is 0. The molecule has 0 heterocycles. The Bertz CT molecular complexity index is 837. The average Bonchev–Trinajstić information content (AvgIpc) is 3.52. The molecule has 5 aliphatic rings. The number of carbonyl (C=O) groups is 1. The van der Waals surface area contributed by atoms with Crippen molar-refractivity contribution in [2.45, 2.75) is 130 Å². The molecule has 4 unspecified atom stereocenters. The van der Waals surface area contributed by atoms with Crippen LogP contribution in [0.2, 0.25) is 0 Å². The highest BCUT2D eigenvalue weighted by atomic mass is 16.3. The fraction of sp³-hybridized carbons (Fsp3) is 0.971.